The molecule has 1 aromatic carbocycles. The maximum Gasteiger partial charge on any atom is 0.0722 e. The summed E-state index contributed by atoms with van der Waals surface area (Å²) < 4.78 is 0. The molecule has 2 heteroatoms. The van der Waals surface area contributed by atoms with Gasteiger partial charge in [0.25, 0.3) is 0 Å². The van der Waals surface area contributed by atoms with Gasteiger partial charge in [-0.3, -0.25) is 4.98 Å². The minimum atomic E-state index is 0.807. The van der Waals surface area contributed by atoms with Crippen LogP contribution in [0.1, 0.15) is 5.56 Å². The average molecular weight is 158 g/mol. The van der Waals surface area contributed by atoms with Gasteiger partial charge in [0.15, 0.2) is 0 Å². The van der Waals surface area contributed by atoms with Gasteiger partial charge in [0.1, 0.15) is 0 Å². The predicted octanol–water partition coefficient (Wildman–Crippen LogP) is 2.13. The summed E-state index contributed by atoms with van der Waals surface area (Å²) in [5, 5.41) is 1.14. The number of nitrogens with zero attached hydrogens (tertiary/aromatic N) is 1. The summed E-state index contributed by atoms with van der Waals surface area (Å²) in [7, 11) is 0. The molecule has 0 bridgehead atoms. The predicted molar refractivity (Wildman–Crippen MR) is 50.9 cm³/mol. The van der Waals surface area contributed by atoms with Crippen LogP contribution in [-0.4, -0.2) is 4.98 Å². The molecule has 2 rings (SSSR count). The smallest absolute Gasteiger partial charge is 0.0722 e. The lowest BCUT2D eigenvalue weighted by molar-refractivity contribution is 1.39. The zero-order valence-electron chi connectivity index (χ0n) is 6.91. The highest BCUT2D eigenvalue weighted by Gasteiger charge is 1.96. The standard InChI is InChI=1S/C10H10N2/c1-7-5-8-3-2-4-12-10(8)6-9(7)11/h2-6H,11H2,1H3. The van der Waals surface area contributed by atoms with Gasteiger partial charge in [-0.05, 0) is 30.7 Å². The Morgan fingerprint density at radius 1 is 1.33 bits per heavy atom. The van der Waals surface area contributed by atoms with E-state index < -0.39 is 0 Å². The van der Waals surface area contributed by atoms with Crippen molar-refractivity contribution in [1.82, 2.24) is 4.98 Å². The molecule has 2 aromatic rings. The van der Waals surface area contributed by atoms with Crippen molar-refractivity contribution >= 4 is 16.6 Å². The second-order valence-electron chi connectivity index (χ2n) is 2.90. The summed E-state index contributed by atoms with van der Waals surface area (Å²) in [6, 6.07) is 7.93. The van der Waals surface area contributed by atoms with Gasteiger partial charge < -0.3 is 5.73 Å². The van der Waals surface area contributed by atoms with Gasteiger partial charge >= 0.3 is 0 Å². The maximum atomic E-state index is 5.75. The van der Waals surface area contributed by atoms with E-state index in [2.05, 4.69) is 11.1 Å². The molecule has 0 amide bonds. The lowest BCUT2D eigenvalue weighted by Gasteiger charge is -2.01. The molecular formula is C10H10N2. The van der Waals surface area contributed by atoms with Gasteiger partial charge in [-0.25, -0.2) is 0 Å². The molecule has 0 atom stereocenters. The SMILES string of the molecule is Cc1cc2cccnc2cc1N. The number of benzene rings is 1. The minimum Gasteiger partial charge on any atom is -0.398 e. The van der Waals surface area contributed by atoms with Crippen LogP contribution in [0.3, 0.4) is 0 Å². The molecule has 1 heterocycles. The molecule has 0 spiro atoms. The number of hydrogen-bond acceptors (Lipinski definition) is 2. The number of rotatable bonds is 0. The van der Waals surface area contributed by atoms with Crippen LogP contribution in [0.2, 0.25) is 0 Å². The summed E-state index contributed by atoms with van der Waals surface area (Å²) in [6.07, 6.45) is 1.77. The van der Waals surface area contributed by atoms with E-state index >= 15 is 0 Å². The number of nitrogens with two attached hydrogens (primary N) is 1. The zero-order chi connectivity index (χ0) is 8.55. The normalized spacial score (nSPS) is 10.4. The Morgan fingerprint density at radius 3 is 3.00 bits per heavy atom. The lowest BCUT2D eigenvalue weighted by Crippen LogP contribution is -1.89. The highest BCUT2D eigenvalue weighted by Crippen LogP contribution is 2.18. The summed E-state index contributed by atoms with van der Waals surface area (Å²) in [5.41, 5.74) is 8.62. The number of aryl methyl sites for hydroxylation is 1. The van der Waals surface area contributed by atoms with E-state index in [0.29, 0.717) is 0 Å². The van der Waals surface area contributed by atoms with Crippen LogP contribution >= 0.6 is 0 Å². The fourth-order valence-corrected chi connectivity index (χ4v) is 1.25. The van der Waals surface area contributed by atoms with Gasteiger partial charge in [0.05, 0.1) is 5.52 Å². The van der Waals surface area contributed by atoms with Crippen LogP contribution in [0.25, 0.3) is 10.9 Å². The van der Waals surface area contributed by atoms with E-state index in [9.17, 15) is 0 Å². The number of anilines is 1. The largest absolute Gasteiger partial charge is 0.398 e. The molecule has 12 heavy (non-hydrogen) atoms. The van der Waals surface area contributed by atoms with E-state index in [4.69, 9.17) is 5.73 Å². The van der Waals surface area contributed by atoms with E-state index in [0.717, 1.165) is 22.2 Å². The third kappa shape index (κ3) is 1.01. The Bertz CT molecular complexity index is 381. The van der Waals surface area contributed by atoms with Gasteiger partial charge in [-0.15, -0.1) is 0 Å². The first-order chi connectivity index (χ1) is 5.77. The van der Waals surface area contributed by atoms with Crippen LogP contribution in [0, 0.1) is 6.92 Å². The third-order valence-electron chi connectivity index (χ3n) is 1.99. The number of fused-ring (bicyclic) bond motifs is 1. The molecule has 60 valence electrons. The minimum absolute atomic E-state index is 0.807. The fraction of sp³-hybridized carbons (Fsp3) is 0.100. The van der Waals surface area contributed by atoms with Gasteiger partial charge in [-0.2, -0.15) is 0 Å². The number of aromatic nitrogens is 1. The third-order valence-corrected chi connectivity index (χ3v) is 1.99. The Morgan fingerprint density at radius 2 is 2.17 bits per heavy atom. The highest BCUT2D eigenvalue weighted by atomic mass is 14.7. The first-order valence-corrected chi connectivity index (χ1v) is 3.88. The van der Waals surface area contributed by atoms with Crippen LogP contribution in [0.15, 0.2) is 30.5 Å². The van der Waals surface area contributed by atoms with Crippen LogP contribution in [-0.2, 0) is 0 Å². The lowest BCUT2D eigenvalue weighted by atomic mass is 10.1. The van der Waals surface area contributed by atoms with Crippen molar-refractivity contribution in [1.29, 1.82) is 0 Å². The molecule has 1 aromatic heterocycles. The molecule has 0 saturated carbocycles. The van der Waals surface area contributed by atoms with E-state index in [-0.39, 0.29) is 0 Å². The summed E-state index contributed by atoms with van der Waals surface area (Å²) in [4.78, 5) is 4.20. The Hall–Kier alpha value is -1.57. The second kappa shape index (κ2) is 2.48. The number of hydrogen-bond donors (Lipinski definition) is 1. The van der Waals surface area contributed by atoms with E-state index in [1.54, 1.807) is 6.20 Å². The van der Waals surface area contributed by atoms with Crippen molar-refractivity contribution in [2.45, 2.75) is 6.92 Å². The molecule has 0 radical (unpaired) electrons. The fourth-order valence-electron chi connectivity index (χ4n) is 1.25. The second-order valence-corrected chi connectivity index (χ2v) is 2.90. The molecule has 0 fully saturated rings. The monoisotopic (exact) mass is 158 g/mol. The van der Waals surface area contributed by atoms with Crippen molar-refractivity contribution in [2.24, 2.45) is 0 Å². The van der Waals surface area contributed by atoms with Crippen molar-refractivity contribution < 1.29 is 0 Å². The highest BCUT2D eigenvalue weighted by molar-refractivity contribution is 5.83. The molecule has 0 saturated heterocycles. The molecule has 2 nitrogen and oxygen atoms in total. The Kier molecular flexibility index (Phi) is 1.47. The van der Waals surface area contributed by atoms with Crippen molar-refractivity contribution in [3.05, 3.63) is 36.0 Å². The van der Waals surface area contributed by atoms with Crippen molar-refractivity contribution in [3.63, 3.8) is 0 Å². The van der Waals surface area contributed by atoms with Gasteiger partial charge in [-0.1, -0.05) is 6.07 Å². The molecule has 0 aliphatic carbocycles. The first kappa shape index (κ1) is 7.10. The first-order valence-electron chi connectivity index (χ1n) is 3.88. The number of nitrogen functional groups attached to an aromatic ring is 1. The Balaban J connectivity index is 2.84. The number of pyridine rings is 1. The summed E-state index contributed by atoms with van der Waals surface area (Å²) >= 11 is 0. The van der Waals surface area contributed by atoms with Crippen molar-refractivity contribution in [3.8, 4) is 0 Å². The maximum absolute atomic E-state index is 5.75. The quantitative estimate of drug-likeness (QED) is 0.596. The van der Waals surface area contributed by atoms with Crippen molar-refractivity contribution in [2.75, 3.05) is 5.73 Å². The molecular weight excluding hydrogens is 148 g/mol. The van der Waals surface area contributed by atoms with Crippen LogP contribution < -0.4 is 5.73 Å². The van der Waals surface area contributed by atoms with Crippen LogP contribution in [0.5, 0.6) is 0 Å². The van der Waals surface area contributed by atoms with E-state index in [1.807, 2.05) is 25.1 Å². The molecule has 0 aliphatic rings. The topological polar surface area (TPSA) is 38.9 Å². The molecule has 0 aliphatic heterocycles. The Labute approximate surface area is 71.0 Å². The summed E-state index contributed by atoms with van der Waals surface area (Å²) in [5.74, 6) is 0. The van der Waals surface area contributed by atoms with E-state index in [1.165, 1.54) is 0 Å². The van der Waals surface area contributed by atoms with Gasteiger partial charge in [0.2, 0.25) is 0 Å². The summed E-state index contributed by atoms with van der Waals surface area (Å²) in [6.45, 7) is 2.00. The van der Waals surface area contributed by atoms with Crippen LogP contribution in [0.4, 0.5) is 5.69 Å². The molecule has 2 N–H and O–H groups in total. The average Bonchev–Trinajstić information content (AvgIpc) is 2.07. The van der Waals surface area contributed by atoms with Gasteiger partial charge in [0, 0.05) is 17.3 Å². The zero-order valence-corrected chi connectivity index (χ0v) is 6.91. The molecule has 0 unspecified atom stereocenters.